The van der Waals surface area contributed by atoms with Crippen molar-refractivity contribution in [2.75, 3.05) is 39.2 Å². The number of carbonyl (C=O) groups excluding carboxylic acids is 1. The van der Waals surface area contributed by atoms with E-state index in [0.717, 1.165) is 12.1 Å². The molecule has 1 amide bonds. The number of anilines is 1. The minimum atomic E-state index is -0.368. The molecule has 1 heterocycles. The van der Waals surface area contributed by atoms with Crippen molar-refractivity contribution in [3.63, 3.8) is 0 Å². The fraction of sp³-hybridized carbons (Fsp3) is 0.389. The molecule has 0 aliphatic rings. The zero-order chi connectivity index (χ0) is 18.2. The van der Waals surface area contributed by atoms with Crippen molar-refractivity contribution in [1.29, 1.82) is 0 Å². The molecule has 2 aromatic rings. The second-order valence-corrected chi connectivity index (χ2v) is 5.75. The van der Waals surface area contributed by atoms with Gasteiger partial charge in [0.15, 0.2) is 0 Å². The third kappa shape index (κ3) is 5.42. The molecule has 25 heavy (non-hydrogen) atoms. The highest BCUT2D eigenvalue weighted by molar-refractivity contribution is 6.07. The Kier molecular flexibility index (Phi) is 6.71. The number of aromatic nitrogens is 2. The van der Waals surface area contributed by atoms with E-state index in [-0.39, 0.29) is 11.9 Å². The summed E-state index contributed by atoms with van der Waals surface area (Å²) in [5, 5.41) is 2.69. The number of hydrogen-bond acceptors (Lipinski definition) is 6. The van der Waals surface area contributed by atoms with Gasteiger partial charge in [-0.05, 0) is 45.6 Å². The van der Waals surface area contributed by atoms with E-state index >= 15 is 0 Å². The quantitative estimate of drug-likeness (QED) is 0.792. The van der Waals surface area contributed by atoms with Crippen LogP contribution in [0.1, 0.15) is 22.8 Å². The maximum atomic E-state index is 12.8. The molecule has 0 radical (unpaired) electrons. The van der Waals surface area contributed by atoms with Crippen molar-refractivity contribution in [3.8, 4) is 11.5 Å². The van der Waals surface area contributed by atoms with E-state index in [1.165, 1.54) is 0 Å². The molecule has 0 bridgehead atoms. The molecule has 7 nitrogen and oxygen atoms in total. The van der Waals surface area contributed by atoms with Gasteiger partial charge in [0.25, 0.3) is 5.91 Å². The number of rotatable bonds is 8. The first-order chi connectivity index (χ1) is 12.0. The summed E-state index contributed by atoms with van der Waals surface area (Å²) in [6.07, 6.45) is 3.29. The highest BCUT2D eigenvalue weighted by Crippen LogP contribution is 2.29. The molecule has 0 aliphatic carbocycles. The van der Waals surface area contributed by atoms with Gasteiger partial charge in [-0.1, -0.05) is 6.07 Å². The average Bonchev–Trinajstić information content (AvgIpc) is 2.57. The lowest BCUT2D eigenvalue weighted by atomic mass is 10.1. The van der Waals surface area contributed by atoms with Crippen LogP contribution in [0.25, 0.3) is 0 Å². The summed E-state index contributed by atoms with van der Waals surface area (Å²) in [5.74, 6) is 0.806. The zero-order valence-corrected chi connectivity index (χ0v) is 15.1. The number of amides is 1. The summed E-state index contributed by atoms with van der Waals surface area (Å²) in [5.41, 5.74) is 1.26. The molecule has 0 aliphatic heterocycles. The lowest BCUT2D eigenvalue weighted by Crippen LogP contribution is -2.21. The Balaban J connectivity index is 2.24. The first-order valence-corrected chi connectivity index (χ1v) is 8.14. The van der Waals surface area contributed by atoms with Crippen LogP contribution in [0.4, 0.5) is 5.95 Å². The number of ether oxygens (including phenoxy) is 2. The summed E-state index contributed by atoms with van der Waals surface area (Å²) in [6, 6.07) is 5.30. The lowest BCUT2D eigenvalue weighted by molar-refractivity contribution is 0.101. The first kappa shape index (κ1) is 18.7. The van der Waals surface area contributed by atoms with Crippen LogP contribution in [0.3, 0.4) is 0 Å². The predicted octanol–water partition coefficient (Wildman–Crippen LogP) is 2.38. The molecule has 1 aromatic heterocycles. The van der Waals surface area contributed by atoms with E-state index in [0.29, 0.717) is 30.3 Å². The van der Waals surface area contributed by atoms with E-state index in [1.807, 2.05) is 32.8 Å². The standard InChI is InChI=1S/C18H24N4O3/c1-5-24-14-7-6-8-15(25-10-9-22(3)4)16(14)17(23)21-18-19-11-13(2)12-20-18/h6-8,11-12H,5,9-10H2,1-4H3,(H,19,20,21,23). The Labute approximate surface area is 148 Å². The molecule has 0 saturated heterocycles. The predicted molar refractivity (Wildman–Crippen MR) is 96.4 cm³/mol. The summed E-state index contributed by atoms with van der Waals surface area (Å²) < 4.78 is 11.4. The SMILES string of the molecule is CCOc1cccc(OCCN(C)C)c1C(=O)Nc1ncc(C)cn1. The third-order valence-corrected chi connectivity index (χ3v) is 3.32. The Morgan fingerprint density at radius 2 is 1.80 bits per heavy atom. The molecule has 1 aromatic carbocycles. The normalized spacial score (nSPS) is 10.6. The van der Waals surface area contributed by atoms with E-state index in [2.05, 4.69) is 15.3 Å². The largest absolute Gasteiger partial charge is 0.493 e. The minimum absolute atomic E-state index is 0.237. The van der Waals surface area contributed by atoms with Crippen LogP contribution in [0.5, 0.6) is 11.5 Å². The molecule has 0 atom stereocenters. The molecule has 0 spiro atoms. The number of nitrogens with zero attached hydrogens (tertiary/aromatic N) is 3. The van der Waals surface area contributed by atoms with Gasteiger partial charge >= 0.3 is 0 Å². The molecule has 2 rings (SSSR count). The van der Waals surface area contributed by atoms with Gasteiger partial charge in [-0.15, -0.1) is 0 Å². The molecule has 7 heteroatoms. The van der Waals surface area contributed by atoms with Crippen LogP contribution in [0.2, 0.25) is 0 Å². The maximum Gasteiger partial charge on any atom is 0.265 e. The monoisotopic (exact) mass is 344 g/mol. The van der Waals surface area contributed by atoms with Gasteiger partial charge in [-0.3, -0.25) is 10.1 Å². The van der Waals surface area contributed by atoms with Crippen molar-refractivity contribution in [3.05, 3.63) is 41.7 Å². The van der Waals surface area contributed by atoms with Gasteiger partial charge in [0.1, 0.15) is 23.7 Å². The van der Waals surface area contributed by atoms with Crippen LogP contribution >= 0.6 is 0 Å². The fourth-order valence-corrected chi connectivity index (χ4v) is 2.09. The Morgan fingerprint density at radius 3 is 2.40 bits per heavy atom. The van der Waals surface area contributed by atoms with E-state index in [9.17, 15) is 4.79 Å². The third-order valence-electron chi connectivity index (χ3n) is 3.32. The second-order valence-electron chi connectivity index (χ2n) is 5.75. The Morgan fingerprint density at radius 1 is 1.16 bits per heavy atom. The molecule has 134 valence electrons. The highest BCUT2D eigenvalue weighted by atomic mass is 16.5. The van der Waals surface area contributed by atoms with Crippen molar-refractivity contribution < 1.29 is 14.3 Å². The average molecular weight is 344 g/mol. The van der Waals surface area contributed by atoms with Crippen LogP contribution in [0, 0.1) is 6.92 Å². The Bertz CT molecular complexity index is 702. The highest BCUT2D eigenvalue weighted by Gasteiger charge is 2.20. The lowest BCUT2D eigenvalue weighted by Gasteiger charge is -2.16. The van der Waals surface area contributed by atoms with Crippen LogP contribution < -0.4 is 14.8 Å². The van der Waals surface area contributed by atoms with E-state index < -0.39 is 0 Å². The topological polar surface area (TPSA) is 76.6 Å². The van der Waals surface area contributed by atoms with Crippen molar-refractivity contribution >= 4 is 11.9 Å². The molecule has 0 saturated carbocycles. The number of benzene rings is 1. The smallest absolute Gasteiger partial charge is 0.265 e. The van der Waals surface area contributed by atoms with Crippen molar-refractivity contribution in [2.45, 2.75) is 13.8 Å². The number of nitrogens with one attached hydrogen (secondary N) is 1. The summed E-state index contributed by atoms with van der Waals surface area (Å²) in [7, 11) is 3.92. The van der Waals surface area contributed by atoms with Crippen molar-refractivity contribution in [1.82, 2.24) is 14.9 Å². The molecule has 0 fully saturated rings. The second kappa shape index (κ2) is 8.98. The number of carbonyl (C=O) groups is 1. The number of likely N-dealkylation sites (N-methyl/N-ethyl adjacent to an activating group) is 1. The van der Waals surface area contributed by atoms with Crippen LogP contribution in [-0.4, -0.2) is 54.6 Å². The van der Waals surface area contributed by atoms with Gasteiger partial charge in [0.2, 0.25) is 5.95 Å². The molecule has 0 unspecified atom stereocenters. The van der Waals surface area contributed by atoms with Gasteiger partial charge in [0, 0.05) is 18.9 Å². The van der Waals surface area contributed by atoms with Crippen LogP contribution in [-0.2, 0) is 0 Å². The minimum Gasteiger partial charge on any atom is -0.493 e. The number of aryl methyl sites for hydroxylation is 1. The Hall–Kier alpha value is -2.67. The zero-order valence-electron chi connectivity index (χ0n) is 15.1. The summed E-state index contributed by atoms with van der Waals surface area (Å²) in [6.45, 7) is 5.39. The maximum absolute atomic E-state index is 12.8. The molecule has 1 N–H and O–H groups in total. The van der Waals surface area contributed by atoms with Gasteiger partial charge in [0.05, 0.1) is 6.61 Å². The summed E-state index contributed by atoms with van der Waals surface area (Å²) in [4.78, 5) is 23.0. The van der Waals surface area contributed by atoms with Gasteiger partial charge in [-0.25, -0.2) is 9.97 Å². The van der Waals surface area contributed by atoms with Gasteiger partial charge < -0.3 is 14.4 Å². The molecular formula is C18H24N4O3. The van der Waals surface area contributed by atoms with Gasteiger partial charge in [-0.2, -0.15) is 0 Å². The van der Waals surface area contributed by atoms with Crippen molar-refractivity contribution in [2.24, 2.45) is 0 Å². The van der Waals surface area contributed by atoms with E-state index in [4.69, 9.17) is 9.47 Å². The van der Waals surface area contributed by atoms with Crippen LogP contribution in [0.15, 0.2) is 30.6 Å². The fourth-order valence-electron chi connectivity index (χ4n) is 2.09. The number of hydrogen-bond donors (Lipinski definition) is 1. The summed E-state index contributed by atoms with van der Waals surface area (Å²) >= 11 is 0. The molecular weight excluding hydrogens is 320 g/mol. The first-order valence-electron chi connectivity index (χ1n) is 8.14. The van der Waals surface area contributed by atoms with E-state index in [1.54, 1.807) is 30.6 Å².